The van der Waals surface area contributed by atoms with E-state index in [1.807, 2.05) is 12.1 Å². The van der Waals surface area contributed by atoms with Crippen molar-refractivity contribution >= 4 is 11.3 Å². The lowest BCUT2D eigenvalue weighted by molar-refractivity contribution is -0.138. The van der Waals surface area contributed by atoms with Gasteiger partial charge in [0.1, 0.15) is 0 Å². The third kappa shape index (κ3) is 7.88. The maximum Gasteiger partial charge on any atom is 0.389 e. The Bertz CT molecular complexity index is 429. The Morgan fingerprint density at radius 2 is 2.11 bits per heavy atom. The molecule has 1 N–H and O–H groups in total. The molecule has 0 bridgehead atoms. The Balaban J connectivity index is 2.22. The van der Waals surface area contributed by atoms with Gasteiger partial charge in [0.15, 0.2) is 0 Å². The molecule has 0 atom stereocenters. The largest absolute Gasteiger partial charge is 0.395 e. The zero-order valence-corrected chi connectivity index (χ0v) is 11.1. The minimum atomic E-state index is -4.11. The Morgan fingerprint density at radius 1 is 1.32 bits per heavy atom. The molecule has 0 radical (unpaired) electrons. The number of hydrogen-bond donors (Lipinski definition) is 1. The van der Waals surface area contributed by atoms with E-state index < -0.39 is 12.6 Å². The molecule has 1 rings (SSSR count). The Kier molecular flexibility index (Phi) is 6.92. The lowest BCUT2D eigenvalue weighted by Crippen LogP contribution is -2.08. The number of hydrogen-bond acceptors (Lipinski definition) is 3. The molecule has 0 saturated heterocycles. The van der Waals surface area contributed by atoms with Gasteiger partial charge in [0.05, 0.1) is 18.1 Å². The van der Waals surface area contributed by atoms with Gasteiger partial charge in [-0.15, -0.1) is 11.3 Å². The highest BCUT2D eigenvalue weighted by atomic mass is 32.1. The Labute approximate surface area is 114 Å². The van der Waals surface area contributed by atoms with Crippen molar-refractivity contribution in [2.75, 3.05) is 13.2 Å². The van der Waals surface area contributed by atoms with Crippen molar-refractivity contribution in [1.82, 2.24) is 0 Å². The van der Waals surface area contributed by atoms with Gasteiger partial charge in [-0.25, -0.2) is 0 Å². The summed E-state index contributed by atoms with van der Waals surface area (Å²) >= 11 is 1.44. The van der Waals surface area contributed by atoms with Crippen LogP contribution in [-0.4, -0.2) is 24.5 Å². The van der Waals surface area contributed by atoms with Gasteiger partial charge < -0.3 is 9.84 Å². The standard InChI is InChI=1S/C13H15F3O2S/c14-13(15,16)7-3-9-18-10-12-6-5-11(19-12)4-1-2-8-17/h5-6,17H,2-3,7-10H2. The number of alkyl halides is 3. The molecule has 1 aromatic heterocycles. The summed E-state index contributed by atoms with van der Waals surface area (Å²) < 4.78 is 40.8. The van der Waals surface area contributed by atoms with Gasteiger partial charge in [-0.3, -0.25) is 0 Å². The van der Waals surface area contributed by atoms with Crippen LogP contribution in [0.3, 0.4) is 0 Å². The van der Waals surface area contributed by atoms with Crippen LogP contribution in [0.15, 0.2) is 12.1 Å². The van der Waals surface area contributed by atoms with Gasteiger partial charge in [-0.1, -0.05) is 11.8 Å². The second-order valence-electron chi connectivity index (χ2n) is 3.81. The number of aliphatic hydroxyl groups is 1. The van der Waals surface area contributed by atoms with Crippen LogP contribution in [0.5, 0.6) is 0 Å². The van der Waals surface area contributed by atoms with E-state index in [9.17, 15) is 13.2 Å². The predicted octanol–water partition coefficient (Wildman–Crippen LogP) is 3.34. The molecule has 6 heteroatoms. The molecule has 19 heavy (non-hydrogen) atoms. The van der Waals surface area contributed by atoms with Crippen LogP contribution < -0.4 is 0 Å². The van der Waals surface area contributed by atoms with Crippen LogP contribution >= 0.6 is 11.3 Å². The number of aliphatic hydroxyl groups excluding tert-OH is 1. The molecule has 2 nitrogen and oxygen atoms in total. The third-order valence-corrected chi connectivity index (χ3v) is 3.08. The minimum Gasteiger partial charge on any atom is -0.395 e. The summed E-state index contributed by atoms with van der Waals surface area (Å²) in [7, 11) is 0. The second kappa shape index (κ2) is 8.20. The number of rotatable bonds is 6. The van der Waals surface area contributed by atoms with Crippen LogP contribution in [0, 0.1) is 11.8 Å². The van der Waals surface area contributed by atoms with E-state index in [1.54, 1.807) is 0 Å². The zero-order chi connectivity index (χ0) is 14.1. The SMILES string of the molecule is OCCC#Cc1ccc(COCCCC(F)(F)F)s1. The molecule has 1 aromatic rings. The fourth-order valence-electron chi connectivity index (χ4n) is 1.28. The van der Waals surface area contributed by atoms with Crippen molar-refractivity contribution in [2.24, 2.45) is 0 Å². The molecule has 0 aliphatic carbocycles. The molecule has 0 aliphatic rings. The number of halogens is 3. The van der Waals surface area contributed by atoms with Crippen LogP contribution in [0.25, 0.3) is 0 Å². The van der Waals surface area contributed by atoms with Gasteiger partial charge >= 0.3 is 6.18 Å². The molecule has 0 saturated carbocycles. The highest BCUT2D eigenvalue weighted by Gasteiger charge is 2.25. The normalized spacial score (nSPS) is 11.2. The van der Waals surface area contributed by atoms with Crippen molar-refractivity contribution in [1.29, 1.82) is 0 Å². The van der Waals surface area contributed by atoms with Crippen molar-refractivity contribution in [3.8, 4) is 11.8 Å². The average Bonchev–Trinajstić information content (AvgIpc) is 2.75. The highest BCUT2D eigenvalue weighted by Crippen LogP contribution is 2.21. The topological polar surface area (TPSA) is 29.5 Å². The van der Waals surface area contributed by atoms with E-state index in [-0.39, 0.29) is 19.6 Å². The van der Waals surface area contributed by atoms with Crippen molar-refractivity contribution in [2.45, 2.75) is 32.0 Å². The smallest absolute Gasteiger partial charge is 0.389 e. The molecule has 0 spiro atoms. The van der Waals surface area contributed by atoms with Gasteiger partial charge in [-0.05, 0) is 18.6 Å². The fraction of sp³-hybridized carbons (Fsp3) is 0.538. The maximum absolute atomic E-state index is 11.9. The average molecular weight is 292 g/mol. The van der Waals surface area contributed by atoms with Gasteiger partial charge in [-0.2, -0.15) is 13.2 Å². The number of ether oxygens (including phenoxy) is 1. The molecule has 0 fully saturated rings. The molecule has 0 aromatic carbocycles. The summed E-state index contributed by atoms with van der Waals surface area (Å²) in [4.78, 5) is 1.79. The molecule has 0 unspecified atom stereocenters. The Hall–Kier alpha value is -1.03. The van der Waals surface area contributed by atoms with Gasteiger partial charge in [0, 0.05) is 24.3 Å². The zero-order valence-electron chi connectivity index (χ0n) is 10.3. The first-order chi connectivity index (χ1) is 9.01. The van der Waals surface area contributed by atoms with E-state index in [2.05, 4.69) is 11.8 Å². The molecule has 0 amide bonds. The van der Waals surface area contributed by atoms with E-state index in [1.165, 1.54) is 11.3 Å². The first kappa shape index (κ1) is 16.0. The van der Waals surface area contributed by atoms with Gasteiger partial charge in [0.2, 0.25) is 0 Å². The third-order valence-electron chi connectivity index (χ3n) is 2.10. The summed E-state index contributed by atoms with van der Waals surface area (Å²) in [5.74, 6) is 5.69. The summed E-state index contributed by atoms with van der Waals surface area (Å²) in [5, 5.41) is 8.57. The fourth-order valence-corrected chi connectivity index (χ4v) is 2.10. The first-order valence-corrected chi connectivity index (χ1v) is 6.66. The van der Waals surface area contributed by atoms with Gasteiger partial charge in [0.25, 0.3) is 0 Å². The minimum absolute atomic E-state index is 0.0158. The Morgan fingerprint density at radius 3 is 2.79 bits per heavy atom. The van der Waals surface area contributed by atoms with Crippen LogP contribution in [0.4, 0.5) is 13.2 Å². The van der Waals surface area contributed by atoms with Crippen LogP contribution in [-0.2, 0) is 11.3 Å². The van der Waals surface area contributed by atoms with Crippen molar-refractivity contribution in [3.05, 3.63) is 21.9 Å². The second-order valence-corrected chi connectivity index (χ2v) is 4.98. The lowest BCUT2D eigenvalue weighted by Gasteiger charge is -2.05. The lowest BCUT2D eigenvalue weighted by atomic mass is 10.3. The molecule has 0 aliphatic heterocycles. The van der Waals surface area contributed by atoms with Crippen molar-refractivity contribution < 1.29 is 23.0 Å². The molecular weight excluding hydrogens is 277 g/mol. The predicted molar refractivity (Wildman–Crippen MR) is 67.8 cm³/mol. The number of thiophene rings is 1. The van der Waals surface area contributed by atoms with Crippen LogP contribution in [0.2, 0.25) is 0 Å². The summed E-state index contributed by atoms with van der Waals surface area (Å²) in [6, 6.07) is 3.68. The van der Waals surface area contributed by atoms with E-state index in [4.69, 9.17) is 9.84 Å². The monoisotopic (exact) mass is 292 g/mol. The quantitative estimate of drug-likeness (QED) is 0.643. The molecule has 1 heterocycles. The van der Waals surface area contributed by atoms with Crippen molar-refractivity contribution in [3.63, 3.8) is 0 Å². The molecular formula is C13H15F3O2S. The van der Waals surface area contributed by atoms with E-state index in [0.29, 0.717) is 13.0 Å². The highest BCUT2D eigenvalue weighted by molar-refractivity contribution is 7.12. The van der Waals surface area contributed by atoms with E-state index in [0.717, 1.165) is 9.75 Å². The van der Waals surface area contributed by atoms with E-state index >= 15 is 0 Å². The maximum atomic E-state index is 11.9. The summed E-state index contributed by atoms with van der Waals surface area (Å²) in [6.45, 7) is 0.445. The first-order valence-electron chi connectivity index (χ1n) is 5.84. The summed E-state index contributed by atoms with van der Waals surface area (Å²) in [5.41, 5.74) is 0. The molecule has 106 valence electrons. The summed E-state index contributed by atoms with van der Waals surface area (Å²) in [6.07, 6.45) is -4.50. The van der Waals surface area contributed by atoms with Crippen LogP contribution in [0.1, 0.15) is 29.0 Å².